The van der Waals surface area contributed by atoms with E-state index in [4.69, 9.17) is 26.6 Å². The number of sulfonamides is 1. The zero-order valence-electron chi connectivity index (χ0n) is 10.6. The molecule has 3 N–H and O–H groups in total. The molecule has 2 aromatic rings. The number of aromatic nitrogens is 1. The number of nitrogens with two attached hydrogens (primary N) is 1. The average molecular weight is 331 g/mol. The lowest BCUT2D eigenvalue weighted by atomic mass is 10.2. The number of hydrogen-bond acceptors (Lipinski definition) is 5. The number of aliphatic carboxylic acids is 1. The summed E-state index contributed by atoms with van der Waals surface area (Å²) in [6, 6.07) is 5.55. The van der Waals surface area contributed by atoms with Crippen molar-refractivity contribution in [1.29, 1.82) is 0 Å². The Morgan fingerprint density at radius 1 is 1.33 bits per heavy atom. The van der Waals surface area contributed by atoms with Crippen molar-refractivity contribution in [1.82, 2.24) is 4.98 Å². The molecule has 1 aromatic carbocycles. The lowest BCUT2D eigenvalue weighted by Crippen LogP contribution is -2.13. The molecule has 112 valence electrons. The monoisotopic (exact) mass is 330 g/mol. The first-order valence-electron chi connectivity index (χ1n) is 5.75. The molecule has 0 radical (unpaired) electrons. The summed E-state index contributed by atoms with van der Waals surface area (Å²) in [6.45, 7) is -0.0760. The zero-order valence-corrected chi connectivity index (χ0v) is 12.2. The van der Waals surface area contributed by atoms with Crippen LogP contribution in [0.5, 0.6) is 5.75 Å². The van der Waals surface area contributed by atoms with Gasteiger partial charge in [-0.3, -0.25) is 4.79 Å². The molecule has 7 nitrogen and oxygen atoms in total. The van der Waals surface area contributed by atoms with Gasteiger partial charge in [0, 0.05) is 5.39 Å². The summed E-state index contributed by atoms with van der Waals surface area (Å²) in [6.07, 6.45) is -0.195. The number of halogens is 1. The highest BCUT2D eigenvalue weighted by atomic mass is 35.5. The Hall–Kier alpha value is -1.90. The van der Waals surface area contributed by atoms with Crippen LogP contribution in [0.25, 0.3) is 10.9 Å². The first kappa shape index (κ1) is 15.5. The van der Waals surface area contributed by atoms with Gasteiger partial charge in [0.1, 0.15) is 16.4 Å². The largest absolute Gasteiger partial charge is 0.491 e. The second-order valence-electron chi connectivity index (χ2n) is 4.13. The van der Waals surface area contributed by atoms with E-state index in [1.165, 1.54) is 24.3 Å². The SMILES string of the molecule is NS(=O)(=O)c1ccc(OCCC(=O)O)c2nc(Cl)ccc12. The minimum absolute atomic E-state index is 0.0760. The van der Waals surface area contributed by atoms with E-state index in [2.05, 4.69) is 4.98 Å². The number of ether oxygens (including phenoxy) is 1. The van der Waals surface area contributed by atoms with Crippen molar-refractivity contribution < 1.29 is 23.1 Å². The first-order valence-corrected chi connectivity index (χ1v) is 7.68. The van der Waals surface area contributed by atoms with Crippen LogP contribution in [0, 0.1) is 0 Å². The van der Waals surface area contributed by atoms with Gasteiger partial charge in [-0.25, -0.2) is 18.5 Å². The zero-order chi connectivity index (χ0) is 15.6. The Morgan fingerprint density at radius 2 is 2.05 bits per heavy atom. The summed E-state index contributed by atoms with van der Waals surface area (Å²) in [7, 11) is -3.93. The molecule has 0 amide bonds. The van der Waals surface area contributed by atoms with Gasteiger partial charge in [0.15, 0.2) is 0 Å². The van der Waals surface area contributed by atoms with E-state index >= 15 is 0 Å². The Balaban J connectivity index is 2.53. The van der Waals surface area contributed by atoms with Gasteiger partial charge in [-0.15, -0.1) is 0 Å². The molecule has 0 atom stereocenters. The van der Waals surface area contributed by atoms with Crippen LogP contribution in [0.15, 0.2) is 29.2 Å². The van der Waals surface area contributed by atoms with Crippen molar-refractivity contribution >= 4 is 38.5 Å². The molecule has 0 aliphatic rings. The maximum atomic E-state index is 11.5. The van der Waals surface area contributed by atoms with E-state index in [0.29, 0.717) is 0 Å². The van der Waals surface area contributed by atoms with Crippen LogP contribution in [0.2, 0.25) is 5.15 Å². The number of carboxylic acids is 1. The number of carboxylic acid groups (broad SMARTS) is 1. The number of benzene rings is 1. The van der Waals surface area contributed by atoms with Crippen LogP contribution in [-0.4, -0.2) is 31.1 Å². The van der Waals surface area contributed by atoms with E-state index in [1.54, 1.807) is 0 Å². The highest BCUT2D eigenvalue weighted by Gasteiger charge is 2.16. The van der Waals surface area contributed by atoms with E-state index < -0.39 is 16.0 Å². The minimum atomic E-state index is -3.93. The molecule has 21 heavy (non-hydrogen) atoms. The normalized spacial score (nSPS) is 11.5. The minimum Gasteiger partial charge on any atom is -0.491 e. The summed E-state index contributed by atoms with van der Waals surface area (Å²) < 4.78 is 28.4. The number of rotatable bonds is 5. The lowest BCUT2D eigenvalue weighted by molar-refractivity contribution is -0.137. The summed E-state index contributed by atoms with van der Waals surface area (Å²) in [5.74, 6) is -0.771. The summed E-state index contributed by atoms with van der Waals surface area (Å²) in [5.41, 5.74) is 0.208. The fourth-order valence-electron chi connectivity index (χ4n) is 1.75. The van der Waals surface area contributed by atoms with Gasteiger partial charge < -0.3 is 9.84 Å². The predicted molar refractivity (Wildman–Crippen MR) is 75.9 cm³/mol. The molecule has 9 heteroatoms. The molecule has 1 aromatic heterocycles. The van der Waals surface area contributed by atoms with Crippen LogP contribution in [-0.2, 0) is 14.8 Å². The van der Waals surface area contributed by atoms with Crippen LogP contribution < -0.4 is 9.88 Å². The maximum Gasteiger partial charge on any atom is 0.306 e. The highest BCUT2D eigenvalue weighted by molar-refractivity contribution is 7.89. The molecule has 0 unspecified atom stereocenters. The third-order valence-corrected chi connectivity index (χ3v) is 3.81. The molecule has 0 saturated carbocycles. The number of fused-ring (bicyclic) bond motifs is 1. The Labute approximate surface area is 125 Å². The summed E-state index contributed by atoms with van der Waals surface area (Å²) >= 11 is 5.80. The molecule has 1 heterocycles. The topological polar surface area (TPSA) is 120 Å². The van der Waals surface area contributed by atoms with E-state index in [1.807, 2.05) is 0 Å². The lowest BCUT2D eigenvalue weighted by Gasteiger charge is -2.10. The number of hydrogen-bond donors (Lipinski definition) is 2. The maximum absolute atomic E-state index is 11.5. The average Bonchev–Trinajstić information content (AvgIpc) is 2.37. The van der Waals surface area contributed by atoms with E-state index in [9.17, 15) is 13.2 Å². The molecule has 2 rings (SSSR count). The standard InChI is InChI=1S/C12H11ClN2O5S/c13-10-4-1-7-9(21(14,18)19)3-2-8(12(7)15-10)20-6-5-11(16)17/h1-4H,5-6H2,(H,16,17)(H2,14,18,19). The third-order valence-electron chi connectivity index (χ3n) is 2.63. The highest BCUT2D eigenvalue weighted by Crippen LogP contribution is 2.30. The first-order chi connectivity index (χ1) is 9.79. The predicted octanol–water partition coefficient (Wildman–Crippen LogP) is 1.39. The van der Waals surface area contributed by atoms with Gasteiger partial charge in [0.25, 0.3) is 0 Å². The smallest absolute Gasteiger partial charge is 0.306 e. The van der Waals surface area contributed by atoms with Gasteiger partial charge in [0.05, 0.1) is 17.9 Å². The fourth-order valence-corrected chi connectivity index (χ4v) is 2.63. The molecular formula is C12H11ClN2O5S. The van der Waals surface area contributed by atoms with Crippen molar-refractivity contribution in [3.05, 3.63) is 29.4 Å². The van der Waals surface area contributed by atoms with Gasteiger partial charge in [-0.1, -0.05) is 11.6 Å². The van der Waals surface area contributed by atoms with Gasteiger partial charge in [0.2, 0.25) is 10.0 Å². The van der Waals surface area contributed by atoms with Crippen LogP contribution in [0.3, 0.4) is 0 Å². The summed E-state index contributed by atoms with van der Waals surface area (Å²) in [5, 5.41) is 14.1. The molecular weight excluding hydrogens is 320 g/mol. The molecule has 0 aliphatic heterocycles. The molecule has 0 saturated heterocycles. The molecule has 0 spiro atoms. The van der Waals surface area contributed by atoms with Crippen molar-refractivity contribution in [2.75, 3.05) is 6.61 Å². The second-order valence-corrected chi connectivity index (χ2v) is 6.05. The summed E-state index contributed by atoms with van der Waals surface area (Å²) in [4.78, 5) is 14.4. The van der Waals surface area contributed by atoms with Crippen LogP contribution in [0.4, 0.5) is 0 Å². The van der Waals surface area contributed by atoms with Crippen LogP contribution in [0.1, 0.15) is 6.42 Å². The van der Waals surface area contributed by atoms with Crippen LogP contribution >= 0.6 is 11.6 Å². The Bertz CT molecular complexity index is 807. The van der Waals surface area contributed by atoms with Gasteiger partial charge in [-0.2, -0.15) is 0 Å². The quantitative estimate of drug-likeness (QED) is 0.799. The van der Waals surface area contributed by atoms with Crippen molar-refractivity contribution in [3.8, 4) is 5.75 Å². The van der Waals surface area contributed by atoms with Gasteiger partial charge >= 0.3 is 5.97 Å². The van der Waals surface area contributed by atoms with Crippen molar-refractivity contribution in [3.63, 3.8) is 0 Å². The number of nitrogens with zero attached hydrogens (tertiary/aromatic N) is 1. The number of primary sulfonamides is 1. The third kappa shape index (κ3) is 3.60. The Morgan fingerprint density at radius 3 is 2.67 bits per heavy atom. The van der Waals surface area contributed by atoms with E-state index in [-0.39, 0.29) is 39.7 Å². The molecule has 0 aliphatic carbocycles. The molecule has 0 bridgehead atoms. The Kier molecular flexibility index (Phi) is 4.31. The van der Waals surface area contributed by atoms with E-state index in [0.717, 1.165) is 0 Å². The van der Waals surface area contributed by atoms with Gasteiger partial charge in [-0.05, 0) is 24.3 Å². The number of carbonyl (C=O) groups is 1. The van der Waals surface area contributed by atoms with Crippen molar-refractivity contribution in [2.24, 2.45) is 5.14 Å². The second kappa shape index (κ2) is 5.84. The fraction of sp³-hybridized carbons (Fsp3) is 0.167. The molecule has 0 fully saturated rings. The number of pyridine rings is 1. The van der Waals surface area contributed by atoms with Crippen molar-refractivity contribution in [2.45, 2.75) is 11.3 Å².